The first-order valence-corrected chi connectivity index (χ1v) is 10.6. The van der Waals surface area contributed by atoms with Gasteiger partial charge in [-0.1, -0.05) is 69.3 Å². The van der Waals surface area contributed by atoms with Crippen LogP contribution in [0.4, 0.5) is 0 Å². The molecule has 1 aliphatic carbocycles. The van der Waals surface area contributed by atoms with Gasteiger partial charge in [0.25, 0.3) is 0 Å². The van der Waals surface area contributed by atoms with Crippen LogP contribution in [0.1, 0.15) is 60.8 Å². The first-order valence-electron chi connectivity index (χ1n) is 9.58. The zero-order chi connectivity index (χ0) is 19.4. The van der Waals surface area contributed by atoms with Crippen molar-refractivity contribution >= 4 is 17.5 Å². The standard InChI is InChI=1S/C23H26N2OS/c1-4-23(2,3)19-10-11-20-17(13-19)12-18(14-24)22(25-20)27-15-21(26)16-8-6-5-7-9-16/h5-9,12,19H,4,10-11,13,15H2,1-3H3. The number of aryl methyl sites for hydroxylation is 1. The second kappa shape index (κ2) is 8.27. The van der Waals surface area contributed by atoms with Gasteiger partial charge in [-0.25, -0.2) is 4.98 Å². The second-order valence-electron chi connectivity index (χ2n) is 7.92. The topological polar surface area (TPSA) is 53.8 Å². The van der Waals surface area contributed by atoms with E-state index >= 15 is 0 Å². The lowest BCUT2D eigenvalue weighted by Crippen LogP contribution is -2.29. The molecule has 0 fully saturated rings. The van der Waals surface area contributed by atoms with E-state index < -0.39 is 0 Å². The summed E-state index contributed by atoms with van der Waals surface area (Å²) in [6, 6.07) is 13.6. The van der Waals surface area contributed by atoms with Crippen molar-refractivity contribution < 1.29 is 4.79 Å². The molecule has 3 nitrogen and oxygen atoms in total. The maximum Gasteiger partial charge on any atom is 0.173 e. The van der Waals surface area contributed by atoms with Crippen LogP contribution >= 0.6 is 11.8 Å². The summed E-state index contributed by atoms with van der Waals surface area (Å²) in [7, 11) is 0. The van der Waals surface area contributed by atoms with Crippen LogP contribution in [0.25, 0.3) is 0 Å². The van der Waals surface area contributed by atoms with E-state index in [0.717, 1.165) is 31.4 Å². The molecule has 0 saturated heterocycles. The molecule has 1 aliphatic rings. The lowest BCUT2D eigenvalue weighted by Gasteiger charge is -2.37. The zero-order valence-corrected chi connectivity index (χ0v) is 17.1. The Kier molecular flexibility index (Phi) is 6.01. The van der Waals surface area contributed by atoms with Gasteiger partial charge in [0.15, 0.2) is 5.78 Å². The van der Waals surface area contributed by atoms with Crippen molar-refractivity contribution in [3.8, 4) is 6.07 Å². The Labute approximate surface area is 166 Å². The number of nitriles is 1. The van der Waals surface area contributed by atoms with Crippen LogP contribution < -0.4 is 0 Å². The largest absolute Gasteiger partial charge is 0.293 e. The first kappa shape index (κ1) is 19.6. The van der Waals surface area contributed by atoms with Crippen molar-refractivity contribution in [2.45, 2.75) is 51.5 Å². The van der Waals surface area contributed by atoms with Crippen molar-refractivity contribution in [3.63, 3.8) is 0 Å². The summed E-state index contributed by atoms with van der Waals surface area (Å²) in [5.41, 5.74) is 3.91. The molecule has 0 amide bonds. The van der Waals surface area contributed by atoms with Crippen molar-refractivity contribution in [2.24, 2.45) is 11.3 Å². The zero-order valence-electron chi connectivity index (χ0n) is 16.3. The van der Waals surface area contributed by atoms with E-state index in [2.05, 4.69) is 26.8 Å². The summed E-state index contributed by atoms with van der Waals surface area (Å²) in [6.45, 7) is 6.92. The maximum atomic E-state index is 12.4. The summed E-state index contributed by atoms with van der Waals surface area (Å²) in [4.78, 5) is 17.1. The van der Waals surface area contributed by atoms with E-state index in [1.54, 1.807) is 0 Å². The predicted molar refractivity (Wildman–Crippen MR) is 110 cm³/mol. The van der Waals surface area contributed by atoms with Gasteiger partial charge in [-0.15, -0.1) is 0 Å². The number of nitrogens with zero attached hydrogens (tertiary/aromatic N) is 2. The average Bonchev–Trinajstić information content (AvgIpc) is 2.71. The van der Waals surface area contributed by atoms with Crippen LogP contribution in [0.2, 0.25) is 0 Å². The number of thioether (sulfide) groups is 1. The van der Waals surface area contributed by atoms with Crippen LogP contribution in [0.5, 0.6) is 0 Å². The third kappa shape index (κ3) is 4.42. The average molecular weight is 379 g/mol. The minimum atomic E-state index is 0.0637. The number of hydrogen-bond donors (Lipinski definition) is 0. The molecular weight excluding hydrogens is 352 g/mol. The fraction of sp³-hybridized carbons (Fsp3) is 0.435. The molecule has 1 aromatic heterocycles. The molecule has 1 aromatic carbocycles. The number of carbonyl (C=O) groups excluding carboxylic acids is 1. The minimum absolute atomic E-state index is 0.0637. The molecule has 0 spiro atoms. The van der Waals surface area contributed by atoms with Gasteiger partial charge in [0.05, 0.1) is 11.3 Å². The molecule has 140 valence electrons. The number of fused-ring (bicyclic) bond motifs is 1. The minimum Gasteiger partial charge on any atom is -0.293 e. The molecule has 0 aliphatic heterocycles. The fourth-order valence-electron chi connectivity index (χ4n) is 3.63. The SMILES string of the molecule is CCC(C)(C)C1CCc2nc(SCC(=O)c3ccccc3)c(C#N)cc2C1. The van der Waals surface area contributed by atoms with Gasteiger partial charge in [0, 0.05) is 11.3 Å². The molecule has 1 heterocycles. The maximum absolute atomic E-state index is 12.4. The Hall–Kier alpha value is -2.12. The number of Topliss-reactive ketones (excluding diaryl/α,β-unsaturated/α-hetero) is 1. The van der Waals surface area contributed by atoms with Crippen LogP contribution in [0.3, 0.4) is 0 Å². The summed E-state index contributed by atoms with van der Waals surface area (Å²) < 4.78 is 0. The smallest absolute Gasteiger partial charge is 0.173 e. The van der Waals surface area contributed by atoms with Gasteiger partial charge < -0.3 is 0 Å². The third-order valence-electron chi connectivity index (χ3n) is 5.92. The molecule has 1 unspecified atom stereocenters. The lowest BCUT2D eigenvalue weighted by molar-refractivity contribution is 0.102. The Morgan fingerprint density at radius 3 is 2.74 bits per heavy atom. The van der Waals surface area contributed by atoms with Crippen LogP contribution in [-0.4, -0.2) is 16.5 Å². The van der Waals surface area contributed by atoms with Crippen LogP contribution in [0.15, 0.2) is 41.4 Å². The molecule has 0 N–H and O–H groups in total. The van der Waals surface area contributed by atoms with Gasteiger partial charge in [-0.3, -0.25) is 4.79 Å². The summed E-state index contributed by atoms with van der Waals surface area (Å²) in [5, 5.41) is 10.3. The van der Waals surface area contributed by atoms with Gasteiger partial charge in [0.2, 0.25) is 0 Å². The molecule has 3 rings (SSSR count). The van der Waals surface area contributed by atoms with Crippen molar-refractivity contribution in [3.05, 3.63) is 58.8 Å². The Balaban J connectivity index is 1.77. The van der Waals surface area contributed by atoms with Crippen LogP contribution in [-0.2, 0) is 12.8 Å². The van der Waals surface area contributed by atoms with Gasteiger partial charge in [-0.2, -0.15) is 5.26 Å². The van der Waals surface area contributed by atoms with Crippen LogP contribution in [0, 0.1) is 22.7 Å². The highest BCUT2D eigenvalue weighted by Gasteiger charge is 2.32. The molecule has 0 bridgehead atoms. The third-order valence-corrected chi connectivity index (χ3v) is 6.92. The predicted octanol–water partition coefficient (Wildman–Crippen LogP) is 5.47. The number of benzene rings is 1. The Morgan fingerprint density at radius 2 is 2.07 bits per heavy atom. The fourth-order valence-corrected chi connectivity index (χ4v) is 4.50. The molecule has 0 radical (unpaired) electrons. The normalized spacial score (nSPS) is 16.4. The van der Waals surface area contributed by atoms with Gasteiger partial charge >= 0.3 is 0 Å². The molecule has 1 atom stereocenters. The summed E-state index contributed by atoms with van der Waals surface area (Å²) in [5.74, 6) is 0.992. The number of pyridine rings is 1. The molecular formula is C23H26N2OS. The highest BCUT2D eigenvalue weighted by atomic mass is 32.2. The molecule has 4 heteroatoms. The number of ketones is 1. The van der Waals surface area contributed by atoms with E-state index in [0.29, 0.717) is 33.2 Å². The highest BCUT2D eigenvalue weighted by molar-refractivity contribution is 8.00. The molecule has 0 saturated carbocycles. The van der Waals surface area contributed by atoms with E-state index in [9.17, 15) is 10.1 Å². The molecule has 2 aromatic rings. The van der Waals surface area contributed by atoms with E-state index in [1.807, 2.05) is 36.4 Å². The second-order valence-corrected chi connectivity index (χ2v) is 8.88. The monoisotopic (exact) mass is 378 g/mol. The number of rotatable bonds is 6. The molecule has 27 heavy (non-hydrogen) atoms. The number of carbonyl (C=O) groups is 1. The van der Waals surface area contributed by atoms with Crippen molar-refractivity contribution in [2.75, 3.05) is 5.75 Å². The van der Waals surface area contributed by atoms with Crippen molar-refractivity contribution in [1.29, 1.82) is 5.26 Å². The van der Waals surface area contributed by atoms with Gasteiger partial charge in [-0.05, 0) is 42.2 Å². The lowest BCUT2D eigenvalue weighted by atomic mass is 9.69. The number of hydrogen-bond acceptors (Lipinski definition) is 4. The summed E-state index contributed by atoms with van der Waals surface area (Å²) in [6.07, 6.45) is 4.24. The Bertz CT molecular complexity index is 868. The highest BCUT2D eigenvalue weighted by Crippen LogP contribution is 2.40. The number of aromatic nitrogens is 1. The first-order chi connectivity index (χ1) is 12.9. The van der Waals surface area contributed by atoms with Crippen molar-refractivity contribution in [1.82, 2.24) is 4.98 Å². The van der Waals surface area contributed by atoms with E-state index in [4.69, 9.17) is 4.98 Å². The summed E-state index contributed by atoms with van der Waals surface area (Å²) >= 11 is 1.38. The van der Waals surface area contributed by atoms with Gasteiger partial charge in [0.1, 0.15) is 11.1 Å². The quantitative estimate of drug-likeness (QED) is 0.494. The van der Waals surface area contributed by atoms with E-state index in [1.165, 1.54) is 17.3 Å². The Morgan fingerprint density at radius 1 is 1.33 bits per heavy atom. The van der Waals surface area contributed by atoms with E-state index in [-0.39, 0.29) is 5.78 Å².